The van der Waals surface area contributed by atoms with Crippen LogP contribution >= 0.6 is 11.6 Å². The van der Waals surface area contributed by atoms with E-state index < -0.39 is 5.97 Å². The molecule has 1 amide bonds. The van der Waals surface area contributed by atoms with Gasteiger partial charge in [0.25, 0.3) is 5.91 Å². The summed E-state index contributed by atoms with van der Waals surface area (Å²) in [7, 11) is 3.01. The Labute approximate surface area is 184 Å². The number of carbonyl (C=O) groups excluding carboxylic acids is 2. The first kappa shape index (κ1) is 21.9. The standard InChI is InChI=1S/C23H19ClN2O5/c1-29-20-11-8-17(13-21(20)30-2)23(28)31-19-9-6-15(7-10-19)14-25-26-22(27)16-4-3-5-18(24)12-16/h3-14H,1-2H3,(H,26,27)/b25-14+. The summed E-state index contributed by atoms with van der Waals surface area (Å²) in [5.41, 5.74) is 3.86. The maximum absolute atomic E-state index is 12.4. The highest BCUT2D eigenvalue weighted by Crippen LogP contribution is 2.28. The lowest BCUT2D eigenvalue weighted by Gasteiger charge is -2.09. The number of nitrogens with one attached hydrogen (secondary N) is 1. The van der Waals surface area contributed by atoms with E-state index in [0.717, 1.165) is 0 Å². The Hall–Kier alpha value is -3.84. The first-order chi connectivity index (χ1) is 15.0. The Kier molecular flexibility index (Phi) is 7.24. The van der Waals surface area contributed by atoms with Gasteiger partial charge in [-0.25, -0.2) is 10.2 Å². The lowest BCUT2D eigenvalue weighted by Crippen LogP contribution is -2.17. The monoisotopic (exact) mass is 438 g/mol. The summed E-state index contributed by atoms with van der Waals surface area (Å²) in [4.78, 5) is 24.4. The Bertz CT molecular complexity index is 1110. The molecule has 3 aromatic rings. The number of nitrogens with zero attached hydrogens (tertiary/aromatic N) is 1. The molecule has 0 spiro atoms. The fraction of sp³-hybridized carbons (Fsp3) is 0.0870. The molecule has 0 aromatic heterocycles. The van der Waals surface area contributed by atoms with Crippen LogP contribution in [0.25, 0.3) is 0 Å². The van der Waals surface area contributed by atoms with E-state index in [-0.39, 0.29) is 5.91 Å². The van der Waals surface area contributed by atoms with Gasteiger partial charge in [-0.1, -0.05) is 17.7 Å². The third-order valence-electron chi connectivity index (χ3n) is 4.18. The Morgan fingerprint density at radius 2 is 1.65 bits per heavy atom. The van der Waals surface area contributed by atoms with E-state index in [1.807, 2.05) is 0 Å². The van der Waals surface area contributed by atoms with Gasteiger partial charge in [0.1, 0.15) is 5.75 Å². The van der Waals surface area contributed by atoms with Crippen molar-refractivity contribution in [2.45, 2.75) is 0 Å². The third kappa shape index (κ3) is 5.83. The zero-order valence-electron chi connectivity index (χ0n) is 16.8. The summed E-state index contributed by atoms with van der Waals surface area (Å²) in [6.07, 6.45) is 1.47. The number of methoxy groups -OCH3 is 2. The van der Waals surface area contributed by atoms with Crippen molar-refractivity contribution in [1.82, 2.24) is 5.43 Å². The Morgan fingerprint density at radius 1 is 0.903 bits per heavy atom. The molecule has 158 valence electrons. The van der Waals surface area contributed by atoms with E-state index in [1.54, 1.807) is 66.7 Å². The molecule has 3 rings (SSSR count). The highest BCUT2D eigenvalue weighted by atomic mass is 35.5. The number of amides is 1. The predicted octanol–water partition coefficient (Wildman–Crippen LogP) is 4.34. The minimum Gasteiger partial charge on any atom is -0.493 e. The van der Waals surface area contributed by atoms with Crippen molar-refractivity contribution < 1.29 is 23.8 Å². The van der Waals surface area contributed by atoms with E-state index in [9.17, 15) is 9.59 Å². The number of carbonyl (C=O) groups is 2. The van der Waals surface area contributed by atoms with Crippen LogP contribution in [0, 0.1) is 0 Å². The van der Waals surface area contributed by atoms with Crippen LogP contribution in [-0.2, 0) is 0 Å². The number of esters is 1. The van der Waals surface area contributed by atoms with Crippen LogP contribution < -0.4 is 19.6 Å². The minimum atomic E-state index is -0.531. The van der Waals surface area contributed by atoms with Gasteiger partial charge >= 0.3 is 5.97 Å². The van der Waals surface area contributed by atoms with E-state index in [4.69, 9.17) is 25.8 Å². The fourth-order valence-electron chi connectivity index (χ4n) is 2.61. The summed E-state index contributed by atoms with van der Waals surface area (Å²) in [6.45, 7) is 0. The molecule has 0 atom stereocenters. The lowest BCUT2D eigenvalue weighted by molar-refractivity contribution is 0.0734. The number of hydrogen-bond donors (Lipinski definition) is 1. The maximum atomic E-state index is 12.4. The van der Waals surface area contributed by atoms with Crippen molar-refractivity contribution in [3.8, 4) is 17.2 Å². The van der Waals surface area contributed by atoms with Crippen LogP contribution in [0.2, 0.25) is 5.02 Å². The van der Waals surface area contributed by atoms with Gasteiger partial charge in [0.15, 0.2) is 11.5 Å². The van der Waals surface area contributed by atoms with Gasteiger partial charge in [-0.15, -0.1) is 0 Å². The number of benzene rings is 3. The van der Waals surface area contributed by atoms with E-state index in [0.29, 0.717) is 39.0 Å². The predicted molar refractivity (Wildman–Crippen MR) is 117 cm³/mol. The van der Waals surface area contributed by atoms with Gasteiger partial charge in [0.2, 0.25) is 0 Å². The number of ether oxygens (including phenoxy) is 3. The average molecular weight is 439 g/mol. The minimum absolute atomic E-state index is 0.326. The van der Waals surface area contributed by atoms with E-state index in [2.05, 4.69) is 10.5 Å². The van der Waals surface area contributed by atoms with Gasteiger partial charge in [0, 0.05) is 10.6 Å². The molecule has 0 saturated heterocycles. The van der Waals surface area contributed by atoms with Gasteiger partial charge in [-0.05, 0) is 66.2 Å². The smallest absolute Gasteiger partial charge is 0.343 e. The molecule has 0 aliphatic carbocycles. The summed E-state index contributed by atoms with van der Waals surface area (Å²) in [5.74, 6) is 0.406. The van der Waals surface area contributed by atoms with Gasteiger partial charge in [0.05, 0.1) is 26.0 Å². The first-order valence-electron chi connectivity index (χ1n) is 9.13. The van der Waals surface area contributed by atoms with Crippen molar-refractivity contribution in [2.24, 2.45) is 5.10 Å². The topological polar surface area (TPSA) is 86.2 Å². The zero-order valence-corrected chi connectivity index (χ0v) is 17.6. The molecule has 0 aliphatic heterocycles. The van der Waals surface area contributed by atoms with Crippen molar-refractivity contribution >= 4 is 29.7 Å². The molecular formula is C23H19ClN2O5. The van der Waals surface area contributed by atoms with E-state index >= 15 is 0 Å². The molecular weight excluding hydrogens is 420 g/mol. The second-order valence-electron chi connectivity index (χ2n) is 6.24. The van der Waals surface area contributed by atoms with Crippen LogP contribution in [-0.4, -0.2) is 32.3 Å². The van der Waals surface area contributed by atoms with Gasteiger partial charge < -0.3 is 14.2 Å². The molecule has 0 saturated carbocycles. The second kappa shape index (κ2) is 10.3. The van der Waals surface area contributed by atoms with Crippen molar-refractivity contribution in [3.63, 3.8) is 0 Å². The average Bonchev–Trinajstić information content (AvgIpc) is 2.79. The van der Waals surface area contributed by atoms with Crippen LogP contribution in [0.5, 0.6) is 17.2 Å². The summed E-state index contributed by atoms with van der Waals surface area (Å²) < 4.78 is 15.7. The molecule has 3 aromatic carbocycles. The first-order valence-corrected chi connectivity index (χ1v) is 9.51. The quantitative estimate of drug-likeness (QED) is 0.256. The molecule has 0 fully saturated rings. The molecule has 0 radical (unpaired) electrons. The van der Waals surface area contributed by atoms with E-state index in [1.165, 1.54) is 20.4 Å². The van der Waals surface area contributed by atoms with Crippen molar-refractivity contribution in [3.05, 3.63) is 88.4 Å². The number of halogens is 1. The maximum Gasteiger partial charge on any atom is 0.343 e. The Balaban J connectivity index is 1.59. The fourth-order valence-corrected chi connectivity index (χ4v) is 2.80. The van der Waals surface area contributed by atoms with Crippen molar-refractivity contribution in [1.29, 1.82) is 0 Å². The number of rotatable bonds is 7. The summed E-state index contributed by atoms with van der Waals surface area (Å²) >= 11 is 5.87. The molecule has 0 heterocycles. The normalized spacial score (nSPS) is 10.5. The largest absolute Gasteiger partial charge is 0.493 e. The van der Waals surface area contributed by atoms with Crippen molar-refractivity contribution in [2.75, 3.05) is 14.2 Å². The number of hydrogen-bond acceptors (Lipinski definition) is 6. The van der Waals surface area contributed by atoms with Gasteiger partial charge in [-0.3, -0.25) is 4.79 Å². The summed E-state index contributed by atoms with van der Waals surface area (Å²) in [5, 5.41) is 4.39. The van der Waals surface area contributed by atoms with Crippen LogP contribution in [0.4, 0.5) is 0 Å². The molecule has 0 unspecified atom stereocenters. The molecule has 1 N–H and O–H groups in total. The number of hydrazone groups is 1. The zero-order chi connectivity index (χ0) is 22.2. The SMILES string of the molecule is COc1ccc(C(=O)Oc2ccc(/C=N/NC(=O)c3cccc(Cl)c3)cc2)cc1OC. The molecule has 31 heavy (non-hydrogen) atoms. The van der Waals surface area contributed by atoms with Crippen LogP contribution in [0.1, 0.15) is 26.3 Å². The van der Waals surface area contributed by atoms with Crippen LogP contribution in [0.15, 0.2) is 71.8 Å². The summed E-state index contributed by atoms with van der Waals surface area (Å²) in [6, 6.07) is 18.0. The molecule has 7 nitrogen and oxygen atoms in total. The highest BCUT2D eigenvalue weighted by Gasteiger charge is 2.13. The second-order valence-corrected chi connectivity index (χ2v) is 6.67. The van der Waals surface area contributed by atoms with Gasteiger partial charge in [-0.2, -0.15) is 5.10 Å². The Morgan fingerprint density at radius 3 is 2.32 bits per heavy atom. The molecule has 0 aliphatic rings. The van der Waals surface area contributed by atoms with Crippen LogP contribution in [0.3, 0.4) is 0 Å². The highest BCUT2D eigenvalue weighted by molar-refractivity contribution is 6.30. The molecule has 8 heteroatoms. The lowest BCUT2D eigenvalue weighted by atomic mass is 10.2. The molecule has 0 bridgehead atoms. The third-order valence-corrected chi connectivity index (χ3v) is 4.41.